The molecule has 0 bridgehead atoms. The molecule has 0 spiro atoms. The molecule has 0 unspecified atom stereocenters. The van der Waals surface area contributed by atoms with Crippen molar-refractivity contribution in [3.05, 3.63) is 80.9 Å². The topological polar surface area (TPSA) is 78.2 Å². The number of nitrogens with zero attached hydrogens (tertiary/aromatic N) is 1. The van der Waals surface area contributed by atoms with Gasteiger partial charge in [-0.05, 0) is 47.7 Å². The van der Waals surface area contributed by atoms with E-state index in [0.717, 1.165) is 16.5 Å². The minimum absolute atomic E-state index is 0.196. The highest BCUT2D eigenvalue weighted by Crippen LogP contribution is 2.34. The fourth-order valence-electron chi connectivity index (χ4n) is 4.54. The van der Waals surface area contributed by atoms with Crippen LogP contribution in [0.25, 0.3) is 21.7 Å². The molecule has 8 heteroatoms. The van der Waals surface area contributed by atoms with E-state index < -0.39 is 17.4 Å². The van der Waals surface area contributed by atoms with Crippen LogP contribution in [-0.2, 0) is 17.8 Å². The second-order valence-electron chi connectivity index (χ2n) is 8.05. The molecule has 2 aromatic carbocycles. The summed E-state index contributed by atoms with van der Waals surface area (Å²) in [5.74, 6) is -1.17. The summed E-state index contributed by atoms with van der Waals surface area (Å²) in [5.41, 5.74) is 2.60. The molecule has 4 aromatic rings. The molecule has 1 atom stereocenters. The van der Waals surface area contributed by atoms with Gasteiger partial charge in [0.05, 0.1) is 24.6 Å². The van der Waals surface area contributed by atoms with E-state index in [1.54, 1.807) is 19.2 Å². The summed E-state index contributed by atoms with van der Waals surface area (Å²) in [5, 5.41) is 1.62. The lowest BCUT2D eigenvalue weighted by molar-refractivity contribution is 0.0333. The highest BCUT2D eigenvalue weighted by atomic mass is 19.1. The number of nitrogens with one attached hydrogen (secondary N) is 2. The molecule has 1 amide bonds. The number of carbonyl (C=O) groups is 1. The fraction of sp³-hybridized carbons (Fsp3) is 0.250. The zero-order chi connectivity index (χ0) is 22.6. The van der Waals surface area contributed by atoms with E-state index >= 15 is 0 Å². The predicted molar refractivity (Wildman–Crippen MR) is 117 cm³/mol. The van der Waals surface area contributed by atoms with Crippen molar-refractivity contribution in [1.82, 2.24) is 14.9 Å². The highest BCUT2D eigenvalue weighted by molar-refractivity contribution is 5.99. The van der Waals surface area contributed by atoms with E-state index in [9.17, 15) is 18.4 Å². The Morgan fingerprint density at radius 1 is 1.09 bits per heavy atom. The predicted octanol–water partition coefficient (Wildman–Crippen LogP) is 4.19. The molecule has 0 radical (unpaired) electrons. The molecule has 2 aromatic heterocycles. The van der Waals surface area contributed by atoms with Crippen molar-refractivity contribution in [2.75, 3.05) is 13.7 Å². The Labute approximate surface area is 181 Å². The van der Waals surface area contributed by atoms with Gasteiger partial charge in [-0.3, -0.25) is 9.59 Å². The molecule has 5 rings (SSSR count). The van der Waals surface area contributed by atoms with Crippen LogP contribution < -0.4 is 5.56 Å². The molecule has 2 N–H and O–H groups in total. The van der Waals surface area contributed by atoms with Crippen molar-refractivity contribution in [3.8, 4) is 0 Å². The van der Waals surface area contributed by atoms with Crippen molar-refractivity contribution >= 4 is 27.6 Å². The van der Waals surface area contributed by atoms with Gasteiger partial charge in [-0.15, -0.1) is 0 Å². The van der Waals surface area contributed by atoms with Crippen LogP contribution in [-0.4, -0.2) is 34.4 Å². The number of fused-ring (bicyclic) bond motifs is 4. The van der Waals surface area contributed by atoms with E-state index in [4.69, 9.17) is 4.74 Å². The van der Waals surface area contributed by atoms with Crippen LogP contribution >= 0.6 is 0 Å². The van der Waals surface area contributed by atoms with Gasteiger partial charge in [-0.1, -0.05) is 13.0 Å². The SMILES string of the molecule is CCc1cc(F)cc2[nH]c(C(=O)N(C)[C@@H]3COCc4[nH]c(=O)c5cc(F)ccc5c43)cc12. The highest BCUT2D eigenvalue weighted by Gasteiger charge is 2.31. The lowest BCUT2D eigenvalue weighted by atomic mass is 9.95. The number of likely N-dealkylation sites (N-methyl/N-ethyl adjacent to an activating group) is 1. The van der Waals surface area contributed by atoms with Gasteiger partial charge in [0.25, 0.3) is 11.5 Å². The lowest BCUT2D eigenvalue weighted by Gasteiger charge is -2.33. The average molecular weight is 437 g/mol. The fourth-order valence-corrected chi connectivity index (χ4v) is 4.54. The summed E-state index contributed by atoms with van der Waals surface area (Å²) in [6, 6.07) is 8.14. The van der Waals surface area contributed by atoms with Crippen LogP contribution in [0.2, 0.25) is 0 Å². The number of aromatic nitrogens is 2. The lowest BCUT2D eigenvalue weighted by Crippen LogP contribution is -2.37. The van der Waals surface area contributed by atoms with Gasteiger partial charge in [-0.2, -0.15) is 0 Å². The summed E-state index contributed by atoms with van der Waals surface area (Å²) >= 11 is 0. The van der Waals surface area contributed by atoms with Gasteiger partial charge in [-0.25, -0.2) is 8.78 Å². The summed E-state index contributed by atoms with van der Waals surface area (Å²) in [4.78, 5) is 33.1. The molecular weight excluding hydrogens is 416 g/mol. The molecule has 0 aliphatic carbocycles. The van der Waals surface area contributed by atoms with E-state index in [-0.39, 0.29) is 30.3 Å². The second kappa shape index (κ2) is 7.56. The standard InChI is InChI=1S/C24H21F2N3O3/c1-3-12-6-14(26)8-18-16(12)9-19(27-18)24(31)29(2)21-11-32-10-20-22(21)15-5-4-13(25)7-17(15)23(30)28-20/h4-9,21,27H,3,10-11H2,1-2H3,(H,28,30)/t21-/m1/s1. The van der Waals surface area contributed by atoms with Gasteiger partial charge < -0.3 is 19.6 Å². The number of ether oxygens (including phenoxy) is 1. The Hall–Kier alpha value is -3.52. The number of benzene rings is 2. The van der Waals surface area contributed by atoms with Crippen molar-refractivity contribution < 1.29 is 18.3 Å². The number of pyridine rings is 1. The zero-order valence-electron chi connectivity index (χ0n) is 17.6. The van der Waals surface area contributed by atoms with Gasteiger partial charge >= 0.3 is 0 Å². The van der Waals surface area contributed by atoms with Crippen LogP contribution in [0, 0.1) is 11.6 Å². The molecule has 3 heterocycles. The van der Waals surface area contributed by atoms with Crippen LogP contribution in [0.3, 0.4) is 0 Å². The molecular formula is C24H21F2N3O3. The maximum absolute atomic E-state index is 13.9. The summed E-state index contributed by atoms with van der Waals surface area (Å²) in [6.45, 7) is 2.35. The number of H-pyrrole nitrogens is 2. The normalized spacial score (nSPS) is 15.8. The number of hydrogen-bond acceptors (Lipinski definition) is 3. The minimum Gasteiger partial charge on any atom is -0.373 e. The first-order valence-corrected chi connectivity index (χ1v) is 10.4. The summed E-state index contributed by atoms with van der Waals surface area (Å²) in [6.07, 6.45) is 0.634. The quantitative estimate of drug-likeness (QED) is 0.505. The van der Waals surface area contributed by atoms with E-state index in [2.05, 4.69) is 9.97 Å². The smallest absolute Gasteiger partial charge is 0.270 e. The Morgan fingerprint density at radius 3 is 2.69 bits per heavy atom. The van der Waals surface area contributed by atoms with Crippen molar-refractivity contribution in [1.29, 1.82) is 0 Å². The Balaban J connectivity index is 1.59. The Kier molecular flexibility index (Phi) is 4.82. The molecule has 0 fully saturated rings. The number of carbonyl (C=O) groups excluding carboxylic acids is 1. The third-order valence-corrected chi connectivity index (χ3v) is 6.15. The number of aromatic amines is 2. The number of aryl methyl sites for hydroxylation is 1. The van der Waals surface area contributed by atoms with E-state index in [1.807, 2.05) is 6.92 Å². The second-order valence-corrected chi connectivity index (χ2v) is 8.05. The molecule has 0 saturated carbocycles. The molecule has 32 heavy (non-hydrogen) atoms. The van der Waals surface area contributed by atoms with Crippen LogP contribution in [0.5, 0.6) is 0 Å². The van der Waals surface area contributed by atoms with Crippen molar-refractivity contribution in [2.24, 2.45) is 0 Å². The minimum atomic E-state index is -0.506. The molecule has 1 aliphatic rings. The van der Waals surface area contributed by atoms with Crippen LogP contribution in [0.4, 0.5) is 8.78 Å². The van der Waals surface area contributed by atoms with Gasteiger partial charge in [0.2, 0.25) is 0 Å². The Morgan fingerprint density at radius 2 is 1.91 bits per heavy atom. The average Bonchev–Trinajstić information content (AvgIpc) is 3.21. The Bertz CT molecular complexity index is 1440. The van der Waals surface area contributed by atoms with Gasteiger partial charge in [0, 0.05) is 29.2 Å². The molecule has 1 aliphatic heterocycles. The first-order chi connectivity index (χ1) is 15.4. The molecule has 6 nitrogen and oxygen atoms in total. The zero-order valence-corrected chi connectivity index (χ0v) is 17.6. The number of rotatable bonds is 3. The monoisotopic (exact) mass is 437 g/mol. The van der Waals surface area contributed by atoms with Gasteiger partial charge in [0.1, 0.15) is 17.3 Å². The molecule has 0 saturated heterocycles. The third-order valence-electron chi connectivity index (χ3n) is 6.15. The first-order valence-electron chi connectivity index (χ1n) is 10.4. The van der Waals surface area contributed by atoms with Crippen molar-refractivity contribution in [3.63, 3.8) is 0 Å². The van der Waals surface area contributed by atoms with E-state index in [1.165, 1.54) is 29.2 Å². The number of amides is 1. The summed E-state index contributed by atoms with van der Waals surface area (Å²) in [7, 11) is 1.65. The number of halogens is 2. The molecule has 164 valence electrons. The maximum Gasteiger partial charge on any atom is 0.270 e. The largest absolute Gasteiger partial charge is 0.373 e. The van der Waals surface area contributed by atoms with Crippen molar-refractivity contribution in [2.45, 2.75) is 26.0 Å². The number of hydrogen-bond donors (Lipinski definition) is 2. The van der Waals surface area contributed by atoms with Crippen LogP contribution in [0.15, 0.2) is 41.2 Å². The van der Waals surface area contributed by atoms with E-state index in [0.29, 0.717) is 28.7 Å². The first kappa shape index (κ1) is 20.4. The third kappa shape index (κ3) is 3.18. The maximum atomic E-state index is 13.9. The summed E-state index contributed by atoms with van der Waals surface area (Å²) < 4.78 is 33.4. The van der Waals surface area contributed by atoms with Gasteiger partial charge in [0.15, 0.2) is 0 Å². The van der Waals surface area contributed by atoms with Crippen LogP contribution in [0.1, 0.15) is 40.3 Å².